The van der Waals surface area contributed by atoms with Crippen molar-refractivity contribution < 1.29 is 4.74 Å². The first-order chi connectivity index (χ1) is 3.93. The van der Waals surface area contributed by atoms with Gasteiger partial charge in [-0.1, -0.05) is 0 Å². The van der Waals surface area contributed by atoms with Crippen molar-refractivity contribution in [3.63, 3.8) is 0 Å². The van der Waals surface area contributed by atoms with Gasteiger partial charge in [0.25, 0.3) is 0 Å². The summed E-state index contributed by atoms with van der Waals surface area (Å²) < 4.78 is 4.92. The molecule has 0 fully saturated rings. The fourth-order valence-corrected chi connectivity index (χ4v) is 0.554. The fourth-order valence-electron chi connectivity index (χ4n) is 0.554. The van der Waals surface area contributed by atoms with Crippen LogP contribution in [-0.2, 0) is 4.74 Å². The van der Waals surface area contributed by atoms with Crippen LogP contribution in [0.2, 0.25) is 0 Å². The third kappa shape index (κ3) is 0.969. The first kappa shape index (κ1) is 5.10. The Balaban J connectivity index is 2.36. The van der Waals surface area contributed by atoms with Crippen LogP contribution in [0, 0.1) is 11.3 Å². The third-order valence-corrected chi connectivity index (χ3v) is 0.878. The lowest BCUT2D eigenvalue weighted by molar-refractivity contribution is 0.342. The van der Waals surface area contributed by atoms with Crippen molar-refractivity contribution in [1.29, 1.82) is 5.26 Å². The summed E-state index contributed by atoms with van der Waals surface area (Å²) in [4.78, 5) is 3.90. The van der Waals surface area contributed by atoms with Gasteiger partial charge in [0.05, 0.1) is 12.6 Å². The standard InChI is InChI=1S/C5H6N2O/c6-2-1-5-7-3-4-8-5/h1,3-4H2. The molecule has 1 heterocycles. The van der Waals surface area contributed by atoms with E-state index >= 15 is 0 Å². The lowest BCUT2D eigenvalue weighted by Crippen LogP contribution is -1.95. The maximum Gasteiger partial charge on any atom is 0.197 e. The second-order valence-corrected chi connectivity index (χ2v) is 1.46. The molecule has 0 aromatic carbocycles. The molecule has 0 N–H and O–H groups in total. The largest absolute Gasteiger partial charge is 0.478 e. The molecule has 0 unspecified atom stereocenters. The molecular formula is C5H6N2O. The predicted octanol–water partition coefficient (Wildman–Crippen LogP) is 0.329. The Hall–Kier alpha value is -1.04. The summed E-state index contributed by atoms with van der Waals surface area (Å²) in [5.74, 6) is 0.590. The van der Waals surface area contributed by atoms with Crippen LogP contribution >= 0.6 is 0 Å². The maximum atomic E-state index is 8.12. The summed E-state index contributed by atoms with van der Waals surface area (Å²) in [5.41, 5.74) is 0. The van der Waals surface area contributed by atoms with E-state index in [9.17, 15) is 0 Å². The number of nitriles is 1. The van der Waals surface area contributed by atoms with E-state index in [4.69, 9.17) is 10.00 Å². The highest BCUT2D eigenvalue weighted by atomic mass is 16.5. The zero-order valence-corrected chi connectivity index (χ0v) is 4.42. The Morgan fingerprint density at radius 3 is 3.25 bits per heavy atom. The van der Waals surface area contributed by atoms with Crippen LogP contribution in [0.15, 0.2) is 4.99 Å². The Morgan fingerprint density at radius 1 is 1.88 bits per heavy atom. The van der Waals surface area contributed by atoms with E-state index in [0.717, 1.165) is 6.54 Å². The maximum absolute atomic E-state index is 8.12. The van der Waals surface area contributed by atoms with Crippen molar-refractivity contribution in [2.75, 3.05) is 13.2 Å². The molecule has 0 aliphatic carbocycles. The molecule has 0 aromatic heterocycles. The minimum Gasteiger partial charge on any atom is -0.478 e. The predicted molar refractivity (Wildman–Crippen MR) is 28.5 cm³/mol. The zero-order valence-electron chi connectivity index (χ0n) is 4.42. The molecule has 1 aliphatic rings. The number of nitrogens with zero attached hydrogens (tertiary/aromatic N) is 2. The molecule has 42 valence electrons. The number of rotatable bonds is 1. The molecule has 0 atom stereocenters. The molecule has 3 heteroatoms. The van der Waals surface area contributed by atoms with E-state index in [-0.39, 0.29) is 0 Å². The van der Waals surface area contributed by atoms with Gasteiger partial charge in [0.15, 0.2) is 5.90 Å². The molecule has 0 radical (unpaired) electrons. The lowest BCUT2D eigenvalue weighted by atomic mass is 10.5. The van der Waals surface area contributed by atoms with E-state index in [2.05, 4.69) is 4.99 Å². The van der Waals surface area contributed by atoms with E-state index in [1.54, 1.807) is 0 Å². The molecule has 1 rings (SSSR count). The average molecular weight is 110 g/mol. The van der Waals surface area contributed by atoms with Crippen LogP contribution in [0.5, 0.6) is 0 Å². The number of aliphatic imine (C=N–C) groups is 1. The zero-order chi connectivity index (χ0) is 5.82. The number of hydrogen-bond donors (Lipinski definition) is 0. The summed E-state index contributed by atoms with van der Waals surface area (Å²) in [7, 11) is 0. The molecule has 3 nitrogen and oxygen atoms in total. The van der Waals surface area contributed by atoms with Gasteiger partial charge in [-0.25, -0.2) is 0 Å². The van der Waals surface area contributed by atoms with Crippen LogP contribution in [0.1, 0.15) is 6.42 Å². The molecule has 0 saturated carbocycles. The van der Waals surface area contributed by atoms with E-state index in [1.807, 2.05) is 6.07 Å². The van der Waals surface area contributed by atoms with Gasteiger partial charge >= 0.3 is 0 Å². The first-order valence-corrected chi connectivity index (χ1v) is 2.46. The van der Waals surface area contributed by atoms with Crippen molar-refractivity contribution in [2.45, 2.75) is 6.42 Å². The molecule has 1 aliphatic heterocycles. The minimum absolute atomic E-state index is 0.319. The smallest absolute Gasteiger partial charge is 0.197 e. The van der Waals surface area contributed by atoms with Gasteiger partial charge in [-0.15, -0.1) is 0 Å². The molecular weight excluding hydrogens is 104 g/mol. The van der Waals surface area contributed by atoms with Crippen molar-refractivity contribution in [3.05, 3.63) is 0 Å². The molecule has 0 spiro atoms. The second kappa shape index (κ2) is 2.31. The van der Waals surface area contributed by atoms with E-state index < -0.39 is 0 Å². The Bertz CT molecular complexity index is 145. The van der Waals surface area contributed by atoms with Gasteiger partial charge in [0.1, 0.15) is 13.0 Å². The van der Waals surface area contributed by atoms with E-state index in [1.165, 1.54) is 0 Å². The van der Waals surface area contributed by atoms with Crippen LogP contribution in [0.25, 0.3) is 0 Å². The van der Waals surface area contributed by atoms with Gasteiger partial charge in [0.2, 0.25) is 0 Å². The van der Waals surface area contributed by atoms with Gasteiger partial charge in [-0.3, -0.25) is 4.99 Å². The van der Waals surface area contributed by atoms with E-state index in [0.29, 0.717) is 18.9 Å². The topological polar surface area (TPSA) is 45.4 Å². The fraction of sp³-hybridized carbons (Fsp3) is 0.600. The average Bonchev–Trinajstić information content (AvgIpc) is 2.19. The summed E-state index contributed by atoms with van der Waals surface area (Å²) in [5, 5.41) is 8.12. The van der Waals surface area contributed by atoms with Gasteiger partial charge in [-0.2, -0.15) is 5.26 Å². The Morgan fingerprint density at radius 2 is 2.75 bits per heavy atom. The SMILES string of the molecule is N#CCC1=NCCO1. The molecule has 0 bridgehead atoms. The molecule has 0 saturated heterocycles. The molecule has 0 amide bonds. The summed E-state index contributed by atoms with van der Waals surface area (Å²) >= 11 is 0. The highest BCUT2D eigenvalue weighted by molar-refractivity contribution is 5.79. The first-order valence-electron chi connectivity index (χ1n) is 2.46. The van der Waals surface area contributed by atoms with Crippen molar-refractivity contribution >= 4 is 5.90 Å². The molecule has 8 heavy (non-hydrogen) atoms. The van der Waals surface area contributed by atoms with Gasteiger partial charge in [-0.05, 0) is 0 Å². The second-order valence-electron chi connectivity index (χ2n) is 1.46. The van der Waals surface area contributed by atoms with Crippen LogP contribution < -0.4 is 0 Å². The summed E-state index contributed by atoms with van der Waals surface area (Å²) in [6.07, 6.45) is 0.319. The highest BCUT2D eigenvalue weighted by Crippen LogP contribution is 1.95. The van der Waals surface area contributed by atoms with Gasteiger partial charge in [0, 0.05) is 0 Å². The third-order valence-electron chi connectivity index (χ3n) is 0.878. The summed E-state index contributed by atoms with van der Waals surface area (Å²) in [6.45, 7) is 1.37. The van der Waals surface area contributed by atoms with Crippen LogP contribution in [-0.4, -0.2) is 19.0 Å². The monoisotopic (exact) mass is 110 g/mol. The lowest BCUT2D eigenvalue weighted by Gasteiger charge is -1.90. The summed E-state index contributed by atoms with van der Waals surface area (Å²) in [6, 6.07) is 1.95. The van der Waals surface area contributed by atoms with Crippen molar-refractivity contribution in [3.8, 4) is 6.07 Å². The Kier molecular flexibility index (Phi) is 1.48. The molecule has 0 aromatic rings. The van der Waals surface area contributed by atoms with Crippen LogP contribution in [0.4, 0.5) is 0 Å². The Labute approximate surface area is 47.6 Å². The minimum atomic E-state index is 0.319. The van der Waals surface area contributed by atoms with Gasteiger partial charge < -0.3 is 4.74 Å². The quantitative estimate of drug-likeness (QED) is 0.488. The highest BCUT2D eigenvalue weighted by Gasteiger charge is 2.03. The van der Waals surface area contributed by atoms with Crippen molar-refractivity contribution in [1.82, 2.24) is 0 Å². The van der Waals surface area contributed by atoms with Crippen molar-refractivity contribution in [2.24, 2.45) is 4.99 Å². The van der Waals surface area contributed by atoms with Crippen LogP contribution in [0.3, 0.4) is 0 Å². The number of ether oxygens (including phenoxy) is 1. The number of hydrogen-bond acceptors (Lipinski definition) is 3. The normalized spacial score (nSPS) is 16.6.